The van der Waals surface area contributed by atoms with E-state index >= 15 is 0 Å². The average molecular weight is 277 g/mol. The van der Waals surface area contributed by atoms with Crippen LogP contribution in [0.5, 0.6) is 5.75 Å². The largest absolute Gasteiger partial charge is 0.561 e. The maximum atomic E-state index is 11.3. The fraction of sp³-hybridized carbons (Fsp3) is 0.154. The molecule has 2 aromatic rings. The molecule has 0 amide bonds. The third-order valence-corrected chi connectivity index (χ3v) is 2.90. The molecule has 0 atom stereocenters. The molecule has 0 spiro atoms. The highest BCUT2D eigenvalue weighted by atomic mass is 32.2. The van der Waals surface area contributed by atoms with Crippen LogP contribution in [-0.2, 0) is 14.9 Å². The number of hydrogen-bond donors (Lipinski definition) is 0. The van der Waals surface area contributed by atoms with Crippen molar-refractivity contribution in [2.45, 2.75) is 13.8 Å². The number of aromatic nitrogens is 2. The summed E-state index contributed by atoms with van der Waals surface area (Å²) in [4.78, 5) is 11.3. The monoisotopic (exact) mass is 277 g/mol. The van der Waals surface area contributed by atoms with E-state index in [-0.39, 0.29) is 5.78 Å². The predicted octanol–water partition coefficient (Wildman–Crippen LogP) is 2.07. The molecule has 0 aliphatic rings. The molecule has 0 saturated heterocycles. The zero-order valence-electron chi connectivity index (χ0n) is 10.6. The lowest BCUT2D eigenvalue weighted by Crippen LogP contribution is -2.01. The Balaban J connectivity index is 2.34. The lowest BCUT2D eigenvalue weighted by atomic mass is 10.3. The Morgan fingerprint density at radius 2 is 2.00 bits per heavy atom. The Hall–Kier alpha value is -2.08. The zero-order valence-corrected chi connectivity index (χ0v) is 11.4. The molecular weight excluding hydrogens is 264 g/mol. The van der Waals surface area contributed by atoms with E-state index < -0.39 is 10.7 Å². The van der Waals surface area contributed by atoms with Crippen LogP contribution in [0.3, 0.4) is 0 Å². The Bertz CT molecular complexity index is 676. The minimum atomic E-state index is -1.59. The third-order valence-electron chi connectivity index (χ3n) is 2.52. The second-order valence-corrected chi connectivity index (χ2v) is 4.79. The first-order valence-electron chi connectivity index (χ1n) is 5.55. The number of Topliss-reactive ketones (excluding diaryl/α,β-unsaturated/α-hetero) is 1. The molecular formula is C13H13N2O3S-. The number of carbonyl (C=O) groups excluding carboxylic acids is 1. The summed E-state index contributed by atoms with van der Waals surface area (Å²) >= 11 is 0. The lowest BCUT2D eigenvalue weighted by molar-refractivity contribution is 0.101. The van der Waals surface area contributed by atoms with Crippen LogP contribution in [0.15, 0.2) is 30.3 Å². The molecule has 0 aliphatic carbocycles. The van der Waals surface area contributed by atoms with Crippen molar-refractivity contribution in [3.05, 3.63) is 41.7 Å². The molecule has 1 aromatic carbocycles. The molecule has 0 bridgehead atoms. The van der Waals surface area contributed by atoms with Crippen molar-refractivity contribution in [1.29, 1.82) is 0 Å². The smallest absolute Gasteiger partial charge is 0.180 e. The fourth-order valence-electron chi connectivity index (χ4n) is 1.66. The van der Waals surface area contributed by atoms with Crippen LogP contribution in [0, 0.1) is 6.92 Å². The van der Waals surface area contributed by atoms with Crippen molar-refractivity contribution in [3.8, 4) is 11.4 Å². The van der Waals surface area contributed by atoms with Crippen LogP contribution in [0.2, 0.25) is 0 Å². The maximum absolute atomic E-state index is 11.3. The summed E-state index contributed by atoms with van der Waals surface area (Å²) in [5, 5.41) is 4.22. The van der Waals surface area contributed by atoms with Gasteiger partial charge < -0.3 is 8.39 Å². The number of hydrogen-bond acceptors (Lipinski definition) is 5. The van der Waals surface area contributed by atoms with Gasteiger partial charge in [0.15, 0.2) is 5.78 Å². The van der Waals surface area contributed by atoms with Gasteiger partial charge in [0.1, 0.15) is 5.69 Å². The first-order valence-corrected chi connectivity index (χ1v) is 6.79. The maximum Gasteiger partial charge on any atom is 0.180 e. The van der Waals surface area contributed by atoms with Gasteiger partial charge in [-0.05, 0) is 37.3 Å². The van der Waals surface area contributed by atoms with E-state index in [4.69, 9.17) is 4.18 Å². The Morgan fingerprint density at radius 3 is 2.47 bits per heavy atom. The predicted molar refractivity (Wildman–Crippen MR) is 74.1 cm³/mol. The number of carbonyl (C=O) groups is 1. The highest BCUT2D eigenvalue weighted by molar-refractivity contribution is 7.77. The Kier molecular flexibility index (Phi) is 3.71. The van der Waals surface area contributed by atoms with Crippen LogP contribution in [-0.4, -0.2) is 21.4 Å². The number of aryl methyl sites for hydroxylation is 1. The molecule has 5 nitrogen and oxygen atoms in total. The van der Waals surface area contributed by atoms with Gasteiger partial charge in [-0.25, -0.2) is 4.68 Å². The van der Waals surface area contributed by atoms with Gasteiger partial charge >= 0.3 is 0 Å². The summed E-state index contributed by atoms with van der Waals surface area (Å²) < 4.78 is 17.4. The van der Waals surface area contributed by atoms with E-state index in [9.17, 15) is 9.00 Å². The number of benzene rings is 1. The molecule has 19 heavy (non-hydrogen) atoms. The second-order valence-electron chi connectivity index (χ2n) is 4.02. The van der Waals surface area contributed by atoms with Crippen molar-refractivity contribution in [2.75, 3.05) is 0 Å². The summed E-state index contributed by atoms with van der Waals surface area (Å²) in [6.07, 6.45) is 0. The molecule has 1 heterocycles. The normalized spacial score (nSPS) is 10.7. The molecule has 1 aromatic heterocycles. The van der Waals surface area contributed by atoms with Crippen LogP contribution in [0.1, 0.15) is 23.1 Å². The quantitative estimate of drug-likeness (QED) is 0.487. The third kappa shape index (κ3) is 3.03. The number of ketones is 1. The van der Waals surface area contributed by atoms with Gasteiger partial charge in [-0.1, -0.05) is 0 Å². The van der Waals surface area contributed by atoms with Crippen LogP contribution >= 0.6 is 0 Å². The first-order chi connectivity index (χ1) is 8.97. The van der Waals surface area contributed by atoms with E-state index in [1.54, 1.807) is 35.0 Å². The minimum absolute atomic E-state index is 0.0748. The number of rotatable bonds is 4. The van der Waals surface area contributed by atoms with Crippen molar-refractivity contribution in [2.24, 2.45) is 0 Å². The van der Waals surface area contributed by atoms with E-state index in [0.29, 0.717) is 11.4 Å². The summed E-state index contributed by atoms with van der Waals surface area (Å²) in [5.41, 5.74) is 2.09. The molecule has 0 unspecified atom stereocenters. The Morgan fingerprint density at radius 1 is 1.37 bits per heavy atom. The van der Waals surface area contributed by atoms with Gasteiger partial charge in [-0.15, -0.1) is 10.7 Å². The molecule has 6 heteroatoms. The van der Waals surface area contributed by atoms with Crippen molar-refractivity contribution in [1.82, 2.24) is 9.78 Å². The molecule has 0 N–H and O–H groups in total. The van der Waals surface area contributed by atoms with Crippen molar-refractivity contribution < 1.29 is 13.2 Å². The average Bonchev–Trinajstić information content (AvgIpc) is 2.72. The topological polar surface area (TPSA) is 61.2 Å². The molecule has 0 aliphatic heterocycles. The summed E-state index contributed by atoms with van der Waals surface area (Å²) in [6.45, 7) is 3.35. The molecule has 0 fully saturated rings. The molecule has 0 radical (unpaired) electrons. The van der Waals surface area contributed by atoms with Crippen LogP contribution in [0.25, 0.3) is 5.69 Å². The van der Waals surface area contributed by atoms with Gasteiger partial charge in [0.2, 0.25) is 0 Å². The van der Waals surface area contributed by atoms with E-state index in [2.05, 4.69) is 11.0 Å². The lowest BCUT2D eigenvalue weighted by Gasteiger charge is -2.09. The SMILES string of the molecule is C=[S-](=O)Oc1ccc(-n2nc(C(C)=O)cc2C)cc1. The van der Waals surface area contributed by atoms with Gasteiger partial charge in [-0.2, -0.15) is 11.0 Å². The van der Waals surface area contributed by atoms with Crippen molar-refractivity contribution in [3.63, 3.8) is 0 Å². The van der Waals surface area contributed by atoms with E-state index in [1.165, 1.54) is 6.92 Å². The van der Waals surface area contributed by atoms with Crippen LogP contribution < -0.4 is 4.18 Å². The Labute approximate surface area is 113 Å². The molecule has 2 rings (SSSR count). The second kappa shape index (κ2) is 5.27. The first kappa shape index (κ1) is 13.4. The highest BCUT2D eigenvalue weighted by Gasteiger charge is 2.09. The molecule has 100 valence electrons. The fourth-order valence-corrected chi connectivity index (χ4v) is 1.98. The zero-order chi connectivity index (χ0) is 14.0. The van der Waals surface area contributed by atoms with E-state index in [1.807, 2.05) is 6.92 Å². The summed E-state index contributed by atoms with van der Waals surface area (Å²) in [5.74, 6) is 3.64. The summed E-state index contributed by atoms with van der Waals surface area (Å²) in [7, 11) is -1.59. The van der Waals surface area contributed by atoms with Gasteiger partial charge in [0.05, 0.1) is 11.4 Å². The minimum Gasteiger partial charge on any atom is -0.561 e. The molecule has 0 saturated carbocycles. The standard InChI is InChI=1S/C13H13N2O3S/c1-9-8-13(10(2)16)14-15(9)11-4-6-12(7-5-11)18-19(3)17/h4-8H,3H2,1-2H3/q-1. The highest BCUT2D eigenvalue weighted by Crippen LogP contribution is 2.17. The number of nitrogens with zero attached hydrogens (tertiary/aromatic N) is 2. The van der Waals surface area contributed by atoms with Gasteiger partial charge in [0.25, 0.3) is 0 Å². The summed E-state index contributed by atoms with van der Waals surface area (Å²) in [6, 6.07) is 8.62. The van der Waals surface area contributed by atoms with Gasteiger partial charge in [-0.3, -0.25) is 4.79 Å². The van der Waals surface area contributed by atoms with Gasteiger partial charge in [0, 0.05) is 12.6 Å². The van der Waals surface area contributed by atoms with E-state index in [0.717, 1.165) is 11.4 Å². The van der Waals surface area contributed by atoms with Crippen molar-refractivity contribution >= 4 is 22.3 Å². The van der Waals surface area contributed by atoms with Crippen LogP contribution in [0.4, 0.5) is 0 Å².